The van der Waals surface area contributed by atoms with Crippen molar-refractivity contribution in [2.45, 2.75) is 39.4 Å². The van der Waals surface area contributed by atoms with E-state index in [0.717, 1.165) is 43.4 Å². The van der Waals surface area contributed by atoms with Crippen molar-refractivity contribution in [3.05, 3.63) is 59.8 Å². The molecule has 1 atom stereocenters. The van der Waals surface area contributed by atoms with Crippen LogP contribution < -0.4 is 15.5 Å². The molecule has 1 aromatic heterocycles. The summed E-state index contributed by atoms with van der Waals surface area (Å²) in [6.07, 6.45) is 2.89. The first kappa shape index (κ1) is 26.2. The summed E-state index contributed by atoms with van der Waals surface area (Å²) in [5.41, 5.74) is 2.50. The number of nitrogens with zero attached hydrogens (tertiary/aromatic N) is 4. The lowest BCUT2D eigenvalue weighted by Gasteiger charge is -2.25. The molecule has 0 saturated heterocycles. The van der Waals surface area contributed by atoms with Gasteiger partial charge in [0.1, 0.15) is 5.82 Å². The number of nitrogens with one attached hydrogen (secondary N) is 2. The predicted molar refractivity (Wildman–Crippen MR) is 139 cm³/mol. The van der Waals surface area contributed by atoms with E-state index in [1.165, 1.54) is 5.56 Å². The van der Waals surface area contributed by atoms with Crippen molar-refractivity contribution in [1.82, 2.24) is 20.5 Å². The van der Waals surface area contributed by atoms with Gasteiger partial charge in [0.25, 0.3) is 0 Å². The van der Waals surface area contributed by atoms with Gasteiger partial charge in [-0.1, -0.05) is 30.3 Å². The van der Waals surface area contributed by atoms with E-state index in [1.807, 2.05) is 31.3 Å². The molecule has 2 rings (SSSR count). The van der Waals surface area contributed by atoms with Crippen LogP contribution in [0.3, 0.4) is 0 Å². The fourth-order valence-electron chi connectivity index (χ4n) is 2.96. The van der Waals surface area contributed by atoms with Gasteiger partial charge in [0, 0.05) is 46.0 Å². The lowest BCUT2D eigenvalue weighted by Crippen LogP contribution is -2.40. The second kappa shape index (κ2) is 14.2. The highest BCUT2D eigenvalue weighted by atomic mass is 127. The number of hydrogen-bond donors (Lipinski definition) is 2. The summed E-state index contributed by atoms with van der Waals surface area (Å²) in [7, 11) is 6.18. The van der Waals surface area contributed by atoms with Gasteiger partial charge >= 0.3 is 0 Å². The van der Waals surface area contributed by atoms with E-state index in [4.69, 9.17) is 4.99 Å². The first-order chi connectivity index (χ1) is 14.0. The van der Waals surface area contributed by atoms with Gasteiger partial charge in [0.15, 0.2) is 5.96 Å². The Morgan fingerprint density at radius 1 is 1.07 bits per heavy atom. The summed E-state index contributed by atoms with van der Waals surface area (Å²) < 4.78 is 0. The number of aliphatic imine (C=N–C) groups is 1. The molecule has 1 unspecified atom stereocenters. The average molecular weight is 524 g/mol. The maximum atomic E-state index is 4.73. The highest BCUT2D eigenvalue weighted by Gasteiger charge is 2.10. The molecule has 0 amide bonds. The van der Waals surface area contributed by atoms with Crippen LogP contribution in [0.25, 0.3) is 0 Å². The van der Waals surface area contributed by atoms with E-state index in [-0.39, 0.29) is 24.0 Å². The van der Waals surface area contributed by atoms with Gasteiger partial charge in [-0.3, -0.25) is 4.90 Å². The van der Waals surface area contributed by atoms with Crippen molar-refractivity contribution in [3.8, 4) is 0 Å². The van der Waals surface area contributed by atoms with Crippen molar-refractivity contribution in [2.75, 3.05) is 39.1 Å². The van der Waals surface area contributed by atoms with Crippen LogP contribution in [0.1, 0.15) is 31.4 Å². The van der Waals surface area contributed by atoms with Crippen LogP contribution in [0.15, 0.2) is 53.7 Å². The Kier molecular flexibility index (Phi) is 12.4. The fourth-order valence-corrected chi connectivity index (χ4v) is 2.96. The molecule has 0 spiro atoms. The van der Waals surface area contributed by atoms with Crippen LogP contribution in [0.4, 0.5) is 5.82 Å². The van der Waals surface area contributed by atoms with Gasteiger partial charge in [-0.05, 0) is 50.6 Å². The summed E-state index contributed by atoms with van der Waals surface area (Å²) in [6, 6.07) is 15.2. The first-order valence-electron chi connectivity index (χ1n) is 10.4. The number of halogens is 1. The van der Waals surface area contributed by atoms with Crippen LogP contribution in [0.2, 0.25) is 0 Å². The van der Waals surface area contributed by atoms with E-state index in [0.29, 0.717) is 12.6 Å². The van der Waals surface area contributed by atoms with Gasteiger partial charge in [-0.15, -0.1) is 24.0 Å². The molecule has 0 aliphatic heterocycles. The van der Waals surface area contributed by atoms with Crippen LogP contribution >= 0.6 is 24.0 Å². The normalized spacial score (nSPS) is 12.3. The van der Waals surface area contributed by atoms with Gasteiger partial charge in [-0.2, -0.15) is 0 Å². The second-order valence-electron chi connectivity index (χ2n) is 7.58. The molecule has 30 heavy (non-hydrogen) atoms. The third-order valence-electron chi connectivity index (χ3n) is 4.91. The Morgan fingerprint density at radius 3 is 2.47 bits per heavy atom. The number of benzene rings is 1. The molecular weight excluding hydrogens is 487 g/mol. The summed E-state index contributed by atoms with van der Waals surface area (Å²) in [6.45, 7) is 7.67. The van der Waals surface area contributed by atoms with Crippen molar-refractivity contribution in [1.29, 1.82) is 0 Å². The van der Waals surface area contributed by atoms with E-state index in [2.05, 4.69) is 77.8 Å². The zero-order chi connectivity index (χ0) is 21.1. The molecule has 2 aromatic rings. The van der Waals surface area contributed by atoms with Gasteiger partial charge in [0.2, 0.25) is 0 Å². The molecule has 0 aliphatic rings. The molecule has 0 aliphatic carbocycles. The Morgan fingerprint density at radius 2 is 1.80 bits per heavy atom. The Labute approximate surface area is 199 Å². The lowest BCUT2D eigenvalue weighted by molar-refractivity contribution is 0.238. The van der Waals surface area contributed by atoms with E-state index in [9.17, 15) is 0 Å². The predicted octanol–water partition coefficient (Wildman–Crippen LogP) is 3.73. The topological polar surface area (TPSA) is 55.8 Å². The third-order valence-corrected chi connectivity index (χ3v) is 4.91. The maximum absolute atomic E-state index is 4.73. The molecule has 6 nitrogen and oxygen atoms in total. The highest BCUT2D eigenvalue weighted by molar-refractivity contribution is 14.0. The SMILES string of the molecule is CCNC(=NCc1ccnc(N(C)C)c1)NCCC(C)N(C)Cc1ccccc1.I. The number of anilines is 1. The molecule has 0 fully saturated rings. The smallest absolute Gasteiger partial charge is 0.191 e. The number of guanidine groups is 1. The molecule has 1 aromatic carbocycles. The molecule has 1 heterocycles. The number of pyridine rings is 1. The van der Waals surface area contributed by atoms with E-state index in [1.54, 1.807) is 0 Å². The van der Waals surface area contributed by atoms with E-state index >= 15 is 0 Å². The molecule has 0 bridgehead atoms. The Balaban J connectivity index is 0.00000450. The standard InChI is InChI=1S/C23H36N6.HI/c1-6-24-23(27-17-21-13-15-25-22(16-21)28(3)4)26-14-12-19(2)29(5)18-20-10-8-7-9-11-20;/h7-11,13,15-16,19H,6,12,14,17-18H2,1-5H3,(H2,24,26,27);1H. The van der Waals surface area contributed by atoms with Gasteiger partial charge in [0.05, 0.1) is 6.54 Å². The number of rotatable bonds is 10. The second-order valence-corrected chi connectivity index (χ2v) is 7.58. The average Bonchev–Trinajstić information content (AvgIpc) is 2.72. The first-order valence-corrected chi connectivity index (χ1v) is 10.4. The Bertz CT molecular complexity index is 750. The minimum atomic E-state index is 0. The summed E-state index contributed by atoms with van der Waals surface area (Å²) in [5, 5.41) is 6.80. The molecule has 7 heteroatoms. The van der Waals surface area contributed by atoms with Crippen LogP contribution in [-0.2, 0) is 13.1 Å². The molecule has 2 N–H and O–H groups in total. The summed E-state index contributed by atoms with van der Waals surface area (Å²) in [4.78, 5) is 13.5. The largest absolute Gasteiger partial charge is 0.363 e. The molecular formula is C23H37IN6. The van der Waals surface area contributed by atoms with Crippen molar-refractivity contribution < 1.29 is 0 Å². The zero-order valence-corrected chi connectivity index (χ0v) is 21.3. The number of aromatic nitrogens is 1. The molecule has 166 valence electrons. The maximum Gasteiger partial charge on any atom is 0.191 e. The van der Waals surface area contributed by atoms with Crippen LogP contribution in [0, 0.1) is 0 Å². The molecule has 0 radical (unpaired) electrons. The minimum Gasteiger partial charge on any atom is -0.363 e. The molecule has 0 saturated carbocycles. The summed E-state index contributed by atoms with van der Waals surface area (Å²) in [5.74, 6) is 1.81. The minimum absolute atomic E-state index is 0. The lowest BCUT2D eigenvalue weighted by atomic mass is 10.1. The van der Waals surface area contributed by atoms with Crippen LogP contribution in [-0.4, -0.2) is 56.1 Å². The summed E-state index contributed by atoms with van der Waals surface area (Å²) >= 11 is 0. The monoisotopic (exact) mass is 524 g/mol. The number of hydrogen-bond acceptors (Lipinski definition) is 4. The van der Waals surface area contributed by atoms with Gasteiger partial charge in [-0.25, -0.2) is 9.98 Å². The Hall–Kier alpha value is -1.87. The van der Waals surface area contributed by atoms with E-state index < -0.39 is 0 Å². The van der Waals surface area contributed by atoms with Gasteiger partial charge < -0.3 is 15.5 Å². The third kappa shape index (κ3) is 9.30. The van der Waals surface area contributed by atoms with Crippen LogP contribution in [0.5, 0.6) is 0 Å². The quantitative estimate of drug-likeness (QED) is 0.282. The van der Waals surface area contributed by atoms with Crippen molar-refractivity contribution in [2.24, 2.45) is 4.99 Å². The fraction of sp³-hybridized carbons (Fsp3) is 0.478. The zero-order valence-electron chi connectivity index (χ0n) is 18.9. The van der Waals surface area contributed by atoms with Crippen molar-refractivity contribution >= 4 is 35.8 Å². The van der Waals surface area contributed by atoms with Crippen molar-refractivity contribution in [3.63, 3.8) is 0 Å². The highest BCUT2D eigenvalue weighted by Crippen LogP contribution is 2.10.